The topological polar surface area (TPSA) is 459 Å². The molecule has 16 N–H and O–H groups in total. The Hall–Kier alpha value is -2.58. The predicted molar refractivity (Wildman–Crippen MR) is 324 cm³/mol. The average molecular weight is 1360 g/mol. The van der Waals surface area contributed by atoms with Gasteiger partial charge in [-0.2, -0.15) is 0 Å². The van der Waals surface area contributed by atoms with E-state index >= 15 is 0 Å². The number of rotatable bonds is 18. The highest BCUT2D eigenvalue weighted by Gasteiger charge is 2.72. The van der Waals surface area contributed by atoms with Crippen LogP contribution in [-0.4, -0.2) is 285 Å². The lowest BCUT2D eigenvalue weighted by Crippen LogP contribution is -2.70. The summed E-state index contributed by atoms with van der Waals surface area (Å²) in [5.74, 6) is -2.70. The SMILES string of the molecule is CCC/C=C\C(=O)O[C@H]1CC(C)(C)C[C@H]2C3=CC[C@@H]4[C@@]5(C)CC[C@H](O[C@@H]6O[C@H](C(=O)O)[C@@H](O)[C@H](O[C@@H]7O[C@H](CO)[C@H](O)[C@H](O)[C@H]7OC7O[C@H](C)[C@H](O)[C@@H](O)[C@@H]7O[C@@H]7O[C@@H](C)[C@H](O)[C@@H](O)[C@H]7O)[C@H]6O[C@@H]6O[C@H](CO)[C@H](O)[C@H](O)[C@H]6O)C(C)(C)[C@@H]5CC[C@@]4(C)[C@]3(C)C[C@@H](O)[C@@]12CO. The van der Waals surface area contributed by atoms with Crippen molar-refractivity contribution < 1.29 is 143 Å². The van der Waals surface area contributed by atoms with Crippen molar-refractivity contribution in [1.82, 2.24) is 0 Å². The number of allylic oxidation sites excluding steroid dienone is 3. The van der Waals surface area contributed by atoms with Gasteiger partial charge in [-0.3, -0.25) is 0 Å². The van der Waals surface area contributed by atoms with Gasteiger partial charge in [-0.25, -0.2) is 9.59 Å². The number of unbranched alkanes of at least 4 members (excludes halogenated alkanes) is 1. The number of fused-ring (bicyclic) bond motifs is 7. The van der Waals surface area contributed by atoms with Gasteiger partial charge in [0, 0.05) is 6.08 Å². The van der Waals surface area contributed by atoms with Crippen molar-refractivity contribution in [2.24, 2.45) is 50.2 Å². The number of carbonyl (C=O) groups is 2. The van der Waals surface area contributed by atoms with Crippen molar-refractivity contribution in [2.45, 2.75) is 305 Å². The minimum Gasteiger partial charge on any atom is -0.479 e. The Morgan fingerprint density at radius 1 is 0.558 bits per heavy atom. The highest BCUT2D eigenvalue weighted by atomic mass is 16.8. The summed E-state index contributed by atoms with van der Waals surface area (Å²) < 4.78 is 68.1. The molecule has 5 aliphatic carbocycles. The van der Waals surface area contributed by atoms with E-state index in [1.165, 1.54) is 19.9 Å². The van der Waals surface area contributed by atoms with Crippen molar-refractivity contribution in [3.63, 3.8) is 0 Å². The quantitative estimate of drug-likeness (QED) is 0.0313. The molecule has 0 bridgehead atoms. The fourth-order valence-electron chi connectivity index (χ4n) is 18.9. The third-order valence-electron chi connectivity index (χ3n) is 24.5. The summed E-state index contributed by atoms with van der Waals surface area (Å²) in [6, 6.07) is 0. The number of hydrogen-bond donors (Lipinski definition) is 16. The van der Waals surface area contributed by atoms with E-state index < -0.39 is 224 Å². The maximum Gasteiger partial charge on any atom is 0.335 e. The molecule has 10 rings (SSSR count). The minimum absolute atomic E-state index is 0.0143. The maximum absolute atomic E-state index is 13.4. The van der Waals surface area contributed by atoms with E-state index in [1.54, 1.807) is 6.08 Å². The Kier molecular flexibility index (Phi) is 22.4. The molecule has 544 valence electrons. The third-order valence-corrected chi connectivity index (χ3v) is 24.5. The zero-order chi connectivity index (χ0) is 69.7. The van der Waals surface area contributed by atoms with Crippen LogP contribution in [0, 0.1) is 50.2 Å². The van der Waals surface area contributed by atoms with Gasteiger partial charge in [-0.15, -0.1) is 0 Å². The number of carboxylic acids is 1. The molecule has 0 aromatic heterocycles. The second-order valence-corrected chi connectivity index (χ2v) is 30.9. The van der Waals surface area contributed by atoms with Gasteiger partial charge in [0.1, 0.15) is 110 Å². The Labute approximate surface area is 552 Å². The Bertz CT molecular complexity index is 2720. The van der Waals surface area contributed by atoms with Gasteiger partial charge >= 0.3 is 11.9 Å². The van der Waals surface area contributed by atoms with Crippen LogP contribution in [0.15, 0.2) is 23.8 Å². The molecular weight excluding hydrogens is 1260 g/mol. The number of carboxylic acid groups (broad SMARTS) is 1. The smallest absolute Gasteiger partial charge is 0.335 e. The van der Waals surface area contributed by atoms with E-state index in [0.29, 0.717) is 57.8 Å². The number of ether oxygens (including phenoxy) is 11. The summed E-state index contributed by atoms with van der Waals surface area (Å²) >= 11 is 0. The first-order valence-electron chi connectivity index (χ1n) is 33.9. The molecule has 10 aliphatic rings. The summed E-state index contributed by atoms with van der Waals surface area (Å²) in [6.07, 6.45) is -39.0. The molecule has 29 nitrogen and oxygen atoms in total. The summed E-state index contributed by atoms with van der Waals surface area (Å²) in [6.45, 7) is 17.5. The summed E-state index contributed by atoms with van der Waals surface area (Å²) in [4.78, 5) is 26.8. The van der Waals surface area contributed by atoms with Gasteiger partial charge in [0.25, 0.3) is 0 Å². The monoisotopic (exact) mass is 1360 g/mol. The van der Waals surface area contributed by atoms with E-state index in [4.69, 9.17) is 52.1 Å². The lowest BCUT2D eigenvalue weighted by atomic mass is 9.33. The van der Waals surface area contributed by atoms with Crippen LogP contribution in [0.25, 0.3) is 0 Å². The molecule has 0 aromatic carbocycles. The third kappa shape index (κ3) is 13.1. The van der Waals surface area contributed by atoms with E-state index in [1.807, 2.05) is 20.8 Å². The summed E-state index contributed by atoms with van der Waals surface area (Å²) in [5.41, 5.74) is -2.58. The molecular formula is C66H106O29. The van der Waals surface area contributed by atoms with Gasteiger partial charge in [-0.05, 0) is 116 Å². The van der Waals surface area contributed by atoms with Crippen molar-refractivity contribution >= 4 is 11.9 Å². The average Bonchev–Trinajstić information content (AvgIpc) is 0.671. The van der Waals surface area contributed by atoms with Gasteiger partial charge in [0.2, 0.25) is 0 Å². The number of esters is 1. The zero-order valence-electron chi connectivity index (χ0n) is 55.8. The summed E-state index contributed by atoms with van der Waals surface area (Å²) in [5, 5.41) is 180. The van der Waals surface area contributed by atoms with Crippen molar-refractivity contribution in [2.75, 3.05) is 19.8 Å². The maximum atomic E-state index is 13.4. The van der Waals surface area contributed by atoms with Crippen LogP contribution >= 0.6 is 0 Å². The molecule has 9 fully saturated rings. The first-order valence-corrected chi connectivity index (χ1v) is 33.9. The number of carbonyl (C=O) groups excluding carboxylic acids is 1. The highest BCUT2D eigenvalue weighted by Crippen LogP contribution is 2.76. The van der Waals surface area contributed by atoms with Crippen LogP contribution in [0.4, 0.5) is 0 Å². The van der Waals surface area contributed by atoms with Gasteiger partial charge < -0.3 is 134 Å². The number of hydrogen-bond acceptors (Lipinski definition) is 28. The van der Waals surface area contributed by atoms with E-state index in [9.17, 15) is 91.3 Å². The van der Waals surface area contributed by atoms with Gasteiger partial charge in [0.05, 0.1) is 49.7 Å². The van der Waals surface area contributed by atoms with Crippen LogP contribution in [0.1, 0.15) is 133 Å². The largest absolute Gasteiger partial charge is 0.479 e. The standard InChI is InChI=1S/C66H106O29/c1-11-12-13-14-38(71)89-37-23-61(4,5)21-30-29-15-16-34-63(8)19-18-36(62(6,7)33(63)17-20-64(34,9)65(29,10)22-35(70)66(30,37)26-69)90-60-54(95-57-48(81)44(77)41(74)31(24-67)87-57)50(49(82)51(92-60)55(83)84)91-59-53(46(79)42(75)32(25-68)88-59)94-58-52(45(78)40(73)28(3)86-58)93-56-47(80)43(76)39(72)27(2)85-56/h13-15,27-28,30-37,39-54,56-60,67-70,72-82H,11-12,16-26H2,1-10H3,(H,83,84)/b14-13-/t27-,28+,30-,31+,32+,33-,34+,35+,36-,37-,39-,40-,41-,42-,43+,44-,45+,46-,47+,48+,49-,50-,51-,52-,53+,54+,56-,57-,58?,59-,60+,63-,64+,65+,66-/m0/s1. The van der Waals surface area contributed by atoms with E-state index in [2.05, 4.69) is 40.7 Å². The number of aliphatic hydroxyl groups is 15. The summed E-state index contributed by atoms with van der Waals surface area (Å²) in [7, 11) is 0. The molecule has 4 saturated carbocycles. The second kappa shape index (κ2) is 28.3. The normalized spacial score (nSPS) is 52.1. The van der Waals surface area contributed by atoms with E-state index in [-0.39, 0.29) is 29.8 Å². The predicted octanol–water partition coefficient (Wildman–Crippen LogP) is -1.74. The number of aliphatic hydroxyl groups excluding tert-OH is 15. The van der Waals surface area contributed by atoms with Crippen molar-refractivity contribution in [3.05, 3.63) is 23.8 Å². The fourth-order valence-corrected chi connectivity index (χ4v) is 18.9. The molecule has 1 unspecified atom stereocenters. The van der Waals surface area contributed by atoms with Crippen LogP contribution in [0.5, 0.6) is 0 Å². The molecule has 0 radical (unpaired) electrons. The Morgan fingerprint density at radius 2 is 1.08 bits per heavy atom. The van der Waals surface area contributed by atoms with Gasteiger partial charge in [0.15, 0.2) is 37.6 Å². The van der Waals surface area contributed by atoms with E-state index in [0.717, 1.165) is 12.0 Å². The molecule has 29 heteroatoms. The molecule has 0 aromatic rings. The van der Waals surface area contributed by atoms with Crippen molar-refractivity contribution in [3.8, 4) is 0 Å². The van der Waals surface area contributed by atoms with Crippen LogP contribution in [-0.2, 0) is 61.7 Å². The molecule has 0 amide bonds. The lowest BCUT2D eigenvalue weighted by molar-refractivity contribution is -0.412. The molecule has 5 saturated heterocycles. The first-order chi connectivity index (χ1) is 44.5. The van der Waals surface area contributed by atoms with Crippen LogP contribution < -0.4 is 0 Å². The minimum atomic E-state index is -2.34. The lowest BCUT2D eigenvalue weighted by Gasteiger charge is -2.72. The molecule has 5 aliphatic heterocycles. The fraction of sp³-hybridized carbons (Fsp3) is 0.909. The Morgan fingerprint density at radius 3 is 1.69 bits per heavy atom. The van der Waals surface area contributed by atoms with Crippen molar-refractivity contribution in [1.29, 1.82) is 0 Å². The molecule has 95 heavy (non-hydrogen) atoms. The van der Waals surface area contributed by atoms with Gasteiger partial charge in [-0.1, -0.05) is 79.5 Å². The second-order valence-electron chi connectivity index (χ2n) is 30.9. The first kappa shape index (κ1) is 75.1. The highest BCUT2D eigenvalue weighted by molar-refractivity contribution is 5.82. The zero-order valence-corrected chi connectivity index (χ0v) is 55.8. The van der Waals surface area contributed by atoms with Crippen LogP contribution in [0.2, 0.25) is 0 Å². The Balaban J connectivity index is 0.970. The number of aliphatic carboxylic acids is 1. The molecule has 35 atom stereocenters. The molecule has 0 spiro atoms. The van der Waals surface area contributed by atoms with Crippen LogP contribution in [0.3, 0.4) is 0 Å². The molecule has 5 heterocycles.